The van der Waals surface area contributed by atoms with Crippen molar-refractivity contribution >= 4 is 17.6 Å². The Bertz CT molecular complexity index is 933. The summed E-state index contributed by atoms with van der Waals surface area (Å²) in [5, 5.41) is 7.00. The lowest BCUT2D eigenvalue weighted by Gasteiger charge is -2.35. The fourth-order valence-electron chi connectivity index (χ4n) is 4.30. The first-order valence-electron chi connectivity index (χ1n) is 11.6. The molecule has 0 bridgehead atoms. The van der Waals surface area contributed by atoms with Crippen LogP contribution in [0.15, 0.2) is 28.8 Å². The van der Waals surface area contributed by atoms with Crippen LogP contribution in [0, 0.1) is 5.92 Å². The van der Waals surface area contributed by atoms with Crippen molar-refractivity contribution in [1.29, 1.82) is 0 Å². The van der Waals surface area contributed by atoms with Gasteiger partial charge in [-0.3, -0.25) is 4.79 Å². The Balaban J connectivity index is 1.27. The number of aromatic nitrogens is 2. The quantitative estimate of drug-likeness (QED) is 0.767. The summed E-state index contributed by atoms with van der Waals surface area (Å²) in [7, 11) is 0. The van der Waals surface area contributed by atoms with Crippen LogP contribution in [0.1, 0.15) is 58.8 Å². The lowest BCUT2D eigenvalue weighted by Crippen LogP contribution is -2.51. The van der Waals surface area contributed by atoms with Crippen molar-refractivity contribution in [1.82, 2.24) is 19.9 Å². The molecule has 172 valence electrons. The van der Waals surface area contributed by atoms with Gasteiger partial charge < -0.3 is 19.6 Å². The monoisotopic (exact) mass is 439 g/mol. The van der Waals surface area contributed by atoms with Crippen molar-refractivity contribution < 1.29 is 14.1 Å². The number of hydrogen-bond acceptors (Lipinski definition) is 5. The van der Waals surface area contributed by atoms with Crippen LogP contribution in [0.25, 0.3) is 11.4 Å². The van der Waals surface area contributed by atoms with Gasteiger partial charge in [0.25, 0.3) is 0 Å². The van der Waals surface area contributed by atoms with E-state index in [0.717, 1.165) is 5.56 Å². The van der Waals surface area contributed by atoms with E-state index in [1.807, 2.05) is 49.9 Å². The van der Waals surface area contributed by atoms with Crippen LogP contribution in [-0.4, -0.2) is 58.1 Å². The minimum Gasteiger partial charge on any atom is -0.339 e. The van der Waals surface area contributed by atoms with E-state index < -0.39 is 0 Å². The average molecular weight is 440 g/mol. The lowest BCUT2D eigenvalue weighted by atomic mass is 9.97. The summed E-state index contributed by atoms with van der Waals surface area (Å²) in [6.07, 6.45) is 5.52. The SMILES string of the molecule is CC(C)(C)c1nc(-c2ccc(NC(=O)N3CCN(C(=O)CC4CCCC4)CC3)cc2)no1. The molecule has 1 aliphatic carbocycles. The highest BCUT2D eigenvalue weighted by Crippen LogP contribution is 2.28. The maximum Gasteiger partial charge on any atom is 0.321 e. The molecule has 2 aromatic rings. The summed E-state index contributed by atoms with van der Waals surface area (Å²) in [4.78, 5) is 33.3. The molecule has 1 saturated carbocycles. The third-order valence-corrected chi connectivity index (χ3v) is 6.32. The van der Waals surface area contributed by atoms with E-state index >= 15 is 0 Å². The topological polar surface area (TPSA) is 91.6 Å². The first-order valence-corrected chi connectivity index (χ1v) is 11.6. The van der Waals surface area contributed by atoms with Crippen LogP contribution >= 0.6 is 0 Å². The number of nitrogens with zero attached hydrogens (tertiary/aromatic N) is 4. The molecule has 1 saturated heterocycles. The average Bonchev–Trinajstić information content (AvgIpc) is 3.46. The van der Waals surface area contributed by atoms with E-state index in [1.165, 1.54) is 25.7 Å². The highest BCUT2D eigenvalue weighted by molar-refractivity contribution is 5.89. The Kier molecular flexibility index (Phi) is 6.48. The molecule has 1 N–H and O–H groups in total. The Morgan fingerprint density at radius 3 is 2.25 bits per heavy atom. The van der Waals surface area contributed by atoms with Gasteiger partial charge in [-0.25, -0.2) is 4.79 Å². The predicted octanol–water partition coefficient (Wildman–Crippen LogP) is 4.29. The zero-order valence-electron chi connectivity index (χ0n) is 19.3. The molecule has 1 aromatic heterocycles. The normalized spacial score (nSPS) is 17.6. The molecule has 2 heterocycles. The number of urea groups is 1. The fourth-order valence-corrected chi connectivity index (χ4v) is 4.30. The second-order valence-corrected chi connectivity index (χ2v) is 9.90. The van der Waals surface area contributed by atoms with Gasteiger partial charge in [-0.15, -0.1) is 0 Å². The smallest absolute Gasteiger partial charge is 0.321 e. The van der Waals surface area contributed by atoms with Crippen molar-refractivity contribution in [2.45, 2.75) is 58.3 Å². The van der Waals surface area contributed by atoms with Crippen LogP contribution in [0.2, 0.25) is 0 Å². The molecule has 1 aromatic carbocycles. The molecular formula is C24H33N5O3. The Morgan fingerprint density at radius 2 is 1.66 bits per heavy atom. The third-order valence-electron chi connectivity index (χ3n) is 6.32. The van der Waals surface area contributed by atoms with Gasteiger partial charge in [0.2, 0.25) is 17.6 Å². The van der Waals surface area contributed by atoms with E-state index in [-0.39, 0.29) is 17.4 Å². The number of anilines is 1. The predicted molar refractivity (Wildman–Crippen MR) is 122 cm³/mol. The zero-order chi connectivity index (χ0) is 22.7. The van der Waals surface area contributed by atoms with E-state index in [9.17, 15) is 9.59 Å². The molecule has 0 atom stereocenters. The molecule has 1 aliphatic heterocycles. The first-order chi connectivity index (χ1) is 15.3. The minimum absolute atomic E-state index is 0.143. The maximum absolute atomic E-state index is 12.7. The molecule has 2 aliphatic rings. The van der Waals surface area contributed by atoms with Crippen molar-refractivity contribution in [3.8, 4) is 11.4 Å². The number of carbonyl (C=O) groups excluding carboxylic acids is 2. The number of hydrogen-bond donors (Lipinski definition) is 1. The summed E-state index contributed by atoms with van der Waals surface area (Å²) in [5.74, 6) is 1.92. The molecular weight excluding hydrogens is 406 g/mol. The minimum atomic E-state index is -0.204. The molecule has 8 nitrogen and oxygen atoms in total. The second-order valence-electron chi connectivity index (χ2n) is 9.90. The molecule has 8 heteroatoms. The van der Waals surface area contributed by atoms with Crippen molar-refractivity contribution in [2.75, 3.05) is 31.5 Å². The first kappa shape index (κ1) is 22.3. The maximum atomic E-state index is 12.7. The molecule has 0 unspecified atom stereocenters. The number of nitrogens with one attached hydrogen (secondary N) is 1. The third kappa shape index (κ3) is 5.29. The Hall–Kier alpha value is -2.90. The zero-order valence-corrected chi connectivity index (χ0v) is 19.3. The Labute approximate surface area is 189 Å². The molecule has 0 spiro atoms. The molecule has 0 radical (unpaired) electrons. The summed E-state index contributed by atoms with van der Waals surface area (Å²) in [6, 6.07) is 7.26. The Morgan fingerprint density at radius 1 is 1.03 bits per heavy atom. The highest BCUT2D eigenvalue weighted by atomic mass is 16.5. The molecule has 2 fully saturated rings. The van der Waals surface area contributed by atoms with Crippen molar-refractivity contribution in [3.63, 3.8) is 0 Å². The standard InChI is InChI=1S/C24H33N5O3/c1-24(2,3)22-26-21(27-32-22)18-8-10-19(11-9-18)25-23(31)29-14-12-28(13-15-29)20(30)16-17-6-4-5-7-17/h8-11,17H,4-7,12-16H2,1-3H3,(H,25,31). The van der Waals surface area contributed by atoms with Crippen LogP contribution in [0.4, 0.5) is 10.5 Å². The molecule has 4 rings (SSSR count). The van der Waals surface area contributed by atoms with Crippen LogP contribution in [0.5, 0.6) is 0 Å². The molecule has 32 heavy (non-hydrogen) atoms. The largest absolute Gasteiger partial charge is 0.339 e. The number of amides is 3. The van der Waals surface area contributed by atoms with Crippen LogP contribution in [-0.2, 0) is 10.2 Å². The number of carbonyl (C=O) groups is 2. The summed E-state index contributed by atoms with van der Waals surface area (Å²) < 4.78 is 5.35. The van der Waals surface area contributed by atoms with Gasteiger partial charge in [0.15, 0.2) is 0 Å². The highest BCUT2D eigenvalue weighted by Gasteiger charge is 2.27. The van der Waals surface area contributed by atoms with E-state index in [0.29, 0.717) is 55.9 Å². The van der Waals surface area contributed by atoms with Gasteiger partial charge in [-0.2, -0.15) is 4.98 Å². The van der Waals surface area contributed by atoms with Gasteiger partial charge in [0, 0.05) is 49.3 Å². The number of benzene rings is 1. The van der Waals surface area contributed by atoms with E-state index in [2.05, 4.69) is 15.5 Å². The van der Waals surface area contributed by atoms with Gasteiger partial charge in [-0.1, -0.05) is 38.8 Å². The lowest BCUT2D eigenvalue weighted by molar-refractivity contribution is -0.133. The second kappa shape index (κ2) is 9.30. The summed E-state index contributed by atoms with van der Waals surface area (Å²) in [5.41, 5.74) is 1.33. The van der Waals surface area contributed by atoms with Crippen LogP contribution in [0.3, 0.4) is 0 Å². The van der Waals surface area contributed by atoms with Crippen molar-refractivity contribution in [3.05, 3.63) is 30.2 Å². The van der Waals surface area contributed by atoms with Gasteiger partial charge in [0.05, 0.1) is 0 Å². The van der Waals surface area contributed by atoms with Gasteiger partial charge in [0.1, 0.15) is 0 Å². The van der Waals surface area contributed by atoms with Crippen molar-refractivity contribution in [2.24, 2.45) is 5.92 Å². The van der Waals surface area contributed by atoms with Gasteiger partial charge in [-0.05, 0) is 43.0 Å². The van der Waals surface area contributed by atoms with E-state index in [4.69, 9.17) is 4.52 Å². The van der Waals surface area contributed by atoms with Crippen LogP contribution < -0.4 is 5.32 Å². The fraction of sp³-hybridized carbons (Fsp3) is 0.583. The molecule has 3 amide bonds. The summed E-state index contributed by atoms with van der Waals surface area (Å²) >= 11 is 0. The van der Waals surface area contributed by atoms with Gasteiger partial charge >= 0.3 is 6.03 Å². The summed E-state index contributed by atoms with van der Waals surface area (Å²) in [6.45, 7) is 8.38. The number of piperazine rings is 1. The number of rotatable bonds is 4. The van der Waals surface area contributed by atoms with E-state index in [1.54, 1.807) is 4.90 Å².